The summed E-state index contributed by atoms with van der Waals surface area (Å²) in [6, 6.07) is 9.11. The second kappa shape index (κ2) is 11.3. The van der Waals surface area contributed by atoms with E-state index in [1.807, 2.05) is 25.1 Å². The minimum atomic E-state index is -0.269. The number of nitrogens with zero attached hydrogens (tertiary/aromatic N) is 4. The molecular weight excluding hydrogens is 508 g/mol. The summed E-state index contributed by atoms with van der Waals surface area (Å²) in [5.41, 5.74) is 3.51. The molecule has 2 aliphatic rings. The lowest BCUT2D eigenvalue weighted by molar-refractivity contribution is -0.122. The van der Waals surface area contributed by atoms with Gasteiger partial charge in [-0.2, -0.15) is 0 Å². The standard InChI is InChI=1S/C27H29ClN6O4/c1-16(17-5-8-29-24(12-17)37-2)31-23(35)15-34-14-19-4-3-18(11-21(19)26(34)36)25-22(28)13-30-27(33-25)32-20-6-9-38-10-7-20/h3-5,8,11-13,16,20H,6-7,9-10,14-15H2,1-2H3,(H,31,35)(H,30,32,33). The zero-order chi connectivity index (χ0) is 26.6. The molecule has 0 spiro atoms. The van der Waals surface area contributed by atoms with E-state index in [1.54, 1.807) is 31.6 Å². The van der Waals surface area contributed by atoms with Gasteiger partial charge in [-0.15, -0.1) is 0 Å². The molecule has 2 aliphatic heterocycles. The van der Waals surface area contributed by atoms with Crippen LogP contribution < -0.4 is 15.4 Å². The molecule has 1 atom stereocenters. The highest BCUT2D eigenvalue weighted by Gasteiger charge is 2.30. The number of halogens is 1. The molecule has 198 valence electrons. The molecular formula is C27H29ClN6O4. The second-order valence-electron chi connectivity index (χ2n) is 9.38. The summed E-state index contributed by atoms with van der Waals surface area (Å²) < 4.78 is 10.6. The van der Waals surface area contributed by atoms with Crippen molar-refractivity contribution in [2.75, 3.05) is 32.2 Å². The predicted molar refractivity (Wildman–Crippen MR) is 142 cm³/mol. The molecule has 0 radical (unpaired) electrons. The summed E-state index contributed by atoms with van der Waals surface area (Å²) in [7, 11) is 1.54. The number of nitrogens with one attached hydrogen (secondary N) is 2. The SMILES string of the molecule is COc1cc(C(C)NC(=O)CN2Cc3ccc(-c4nc(NC5CCOCC5)ncc4Cl)cc3C2=O)ccn1. The molecule has 2 aromatic heterocycles. The van der Waals surface area contributed by atoms with Crippen molar-refractivity contribution in [2.24, 2.45) is 0 Å². The van der Waals surface area contributed by atoms with Crippen molar-refractivity contribution in [1.82, 2.24) is 25.2 Å². The van der Waals surface area contributed by atoms with Crippen LogP contribution in [0.2, 0.25) is 5.02 Å². The fraction of sp³-hybridized carbons (Fsp3) is 0.370. The van der Waals surface area contributed by atoms with Crippen LogP contribution in [0.3, 0.4) is 0 Å². The molecule has 3 aromatic rings. The van der Waals surface area contributed by atoms with Gasteiger partial charge in [0.2, 0.25) is 17.7 Å². The number of aromatic nitrogens is 3. The minimum Gasteiger partial charge on any atom is -0.481 e. The highest BCUT2D eigenvalue weighted by atomic mass is 35.5. The van der Waals surface area contributed by atoms with Gasteiger partial charge in [-0.1, -0.05) is 23.7 Å². The summed E-state index contributed by atoms with van der Waals surface area (Å²) in [6.07, 6.45) is 4.96. The van der Waals surface area contributed by atoms with Crippen LogP contribution in [0.15, 0.2) is 42.7 Å². The Hall–Kier alpha value is -3.76. The number of anilines is 1. The van der Waals surface area contributed by atoms with E-state index in [0.717, 1.165) is 24.0 Å². The zero-order valence-corrected chi connectivity index (χ0v) is 22.0. The summed E-state index contributed by atoms with van der Waals surface area (Å²) in [6.45, 7) is 3.58. The van der Waals surface area contributed by atoms with Crippen molar-refractivity contribution in [3.63, 3.8) is 0 Å². The first kappa shape index (κ1) is 25.9. The van der Waals surface area contributed by atoms with Gasteiger partial charge in [-0.25, -0.2) is 15.0 Å². The lowest BCUT2D eigenvalue weighted by atomic mass is 10.0. The van der Waals surface area contributed by atoms with E-state index < -0.39 is 0 Å². The molecule has 11 heteroatoms. The number of carbonyl (C=O) groups is 2. The molecule has 1 unspecified atom stereocenters. The maximum atomic E-state index is 13.2. The Morgan fingerprint density at radius 1 is 1.24 bits per heavy atom. The number of carbonyl (C=O) groups excluding carboxylic acids is 2. The van der Waals surface area contributed by atoms with Crippen LogP contribution in [0.1, 0.15) is 47.3 Å². The van der Waals surface area contributed by atoms with Crippen molar-refractivity contribution < 1.29 is 19.1 Å². The van der Waals surface area contributed by atoms with E-state index >= 15 is 0 Å². The van der Waals surface area contributed by atoms with Crippen LogP contribution in [0.25, 0.3) is 11.3 Å². The molecule has 10 nitrogen and oxygen atoms in total. The number of hydrogen-bond acceptors (Lipinski definition) is 8. The molecule has 4 heterocycles. The molecule has 1 fully saturated rings. The number of methoxy groups -OCH3 is 1. The number of ether oxygens (including phenoxy) is 2. The topological polar surface area (TPSA) is 119 Å². The number of amides is 2. The quantitative estimate of drug-likeness (QED) is 0.448. The molecule has 1 aromatic carbocycles. The summed E-state index contributed by atoms with van der Waals surface area (Å²) in [5.74, 6) is 0.500. The van der Waals surface area contributed by atoms with Gasteiger partial charge in [0, 0.05) is 49.2 Å². The monoisotopic (exact) mass is 536 g/mol. The van der Waals surface area contributed by atoms with E-state index in [-0.39, 0.29) is 30.4 Å². The molecule has 2 amide bonds. The Morgan fingerprint density at radius 2 is 2.05 bits per heavy atom. The molecule has 1 saturated heterocycles. The molecule has 0 aliphatic carbocycles. The molecule has 2 N–H and O–H groups in total. The van der Waals surface area contributed by atoms with Crippen LogP contribution in [0.5, 0.6) is 5.88 Å². The van der Waals surface area contributed by atoms with Crippen LogP contribution in [-0.4, -0.2) is 64.6 Å². The minimum absolute atomic E-state index is 0.0527. The van der Waals surface area contributed by atoms with Gasteiger partial charge in [0.25, 0.3) is 5.91 Å². The number of benzene rings is 1. The van der Waals surface area contributed by atoms with E-state index in [2.05, 4.69) is 25.6 Å². The highest BCUT2D eigenvalue weighted by Crippen LogP contribution is 2.31. The normalized spacial score (nSPS) is 16.2. The Labute approximate surface area is 225 Å². The van der Waals surface area contributed by atoms with Crippen LogP contribution in [-0.2, 0) is 16.1 Å². The van der Waals surface area contributed by atoms with Gasteiger partial charge in [0.05, 0.1) is 30.1 Å². The second-order valence-corrected chi connectivity index (χ2v) is 9.78. The van der Waals surface area contributed by atoms with Gasteiger partial charge in [0.15, 0.2) is 0 Å². The molecule has 38 heavy (non-hydrogen) atoms. The van der Waals surface area contributed by atoms with Gasteiger partial charge in [-0.3, -0.25) is 9.59 Å². The Morgan fingerprint density at radius 3 is 2.84 bits per heavy atom. The van der Waals surface area contributed by atoms with Gasteiger partial charge >= 0.3 is 0 Å². The third-order valence-electron chi connectivity index (χ3n) is 6.74. The Bertz CT molecular complexity index is 1350. The van der Waals surface area contributed by atoms with Gasteiger partial charge in [0.1, 0.15) is 6.54 Å². The number of hydrogen-bond donors (Lipinski definition) is 2. The smallest absolute Gasteiger partial charge is 0.254 e. The summed E-state index contributed by atoms with van der Waals surface area (Å²) in [5, 5.41) is 6.69. The highest BCUT2D eigenvalue weighted by molar-refractivity contribution is 6.33. The van der Waals surface area contributed by atoms with Crippen LogP contribution in [0.4, 0.5) is 5.95 Å². The first-order valence-corrected chi connectivity index (χ1v) is 12.9. The zero-order valence-electron chi connectivity index (χ0n) is 21.2. The van der Waals surface area contributed by atoms with Crippen molar-refractivity contribution in [3.05, 3.63) is 64.4 Å². The van der Waals surface area contributed by atoms with Crippen molar-refractivity contribution in [1.29, 1.82) is 0 Å². The van der Waals surface area contributed by atoms with Crippen molar-refractivity contribution in [2.45, 2.75) is 38.4 Å². The van der Waals surface area contributed by atoms with Crippen molar-refractivity contribution >= 4 is 29.4 Å². The van der Waals surface area contributed by atoms with E-state index in [0.29, 0.717) is 53.4 Å². The third kappa shape index (κ3) is 5.71. The average molecular weight is 537 g/mol. The summed E-state index contributed by atoms with van der Waals surface area (Å²) in [4.78, 5) is 40.5. The lowest BCUT2D eigenvalue weighted by Crippen LogP contribution is -2.38. The van der Waals surface area contributed by atoms with E-state index in [1.165, 1.54) is 4.90 Å². The first-order valence-electron chi connectivity index (χ1n) is 12.5. The molecule has 0 bridgehead atoms. The van der Waals surface area contributed by atoms with E-state index in [4.69, 9.17) is 21.1 Å². The van der Waals surface area contributed by atoms with Crippen LogP contribution >= 0.6 is 11.6 Å². The van der Waals surface area contributed by atoms with Gasteiger partial charge < -0.3 is 25.0 Å². The van der Waals surface area contributed by atoms with E-state index in [9.17, 15) is 9.59 Å². The maximum absolute atomic E-state index is 13.2. The first-order chi connectivity index (χ1) is 18.4. The average Bonchev–Trinajstić information content (AvgIpc) is 3.24. The Kier molecular flexibility index (Phi) is 7.71. The van der Waals surface area contributed by atoms with Gasteiger partial charge in [-0.05, 0) is 43.0 Å². The number of pyridine rings is 1. The third-order valence-corrected chi connectivity index (χ3v) is 7.02. The number of fused-ring (bicyclic) bond motifs is 1. The molecule has 0 saturated carbocycles. The Balaban J connectivity index is 1.26. The lowest BCUT2D eigenvalue weighted by Gasteiger charge is -2.23. The maximum Gasteiger partial charge on any atom is 0.254 e. The largest absolute Gasteiger partial charge is 0.481 e. The predicted octanol–water partition coefficient (Wildman–Crippen LogP) is 3.62. The fourth-order valence-electron chi connectivity index (χ4n) is 4.65. The molecule has 5 rings (SSSR count). The number of rotatable bonds is 8. The summed E-state index contributed by atoms with van der Waals surface area (Å²) >= 11 is 6.44. The van der Waals surface area contributed by atoms with Crippen molar-refractivity contribution in [3.8, 4) is 17.1 Å². The fourth-order valence-corrected chi connectivity index (χ4v) is 4.85. The van der Waals surface area contributed by atoms with Crippen LogP contribution in [0, 0.1) is 0 Å².